The zero-order chi connectivity index (χ0) is 17.6. The molecule has 0 saturated carbocycles. The number of halogens is 2. The highest BCUT2D eigenvalue weighted by molar-refractivity contribution is 5.99. The SMILES string of the molecule is O=C(Nc1ccc(F)cc1)Nc1cc(F)cc(CN2CCOCC2)c1. The number of amides is 2. The van der Waals surface area contributed by atoms with E-state index in [9.17, 15) is 13.6 Å². The number of rotatable bonds is 4. The maximum Gasteiger partial charge on any atom is 0.323 e. The number of morpholine rings is 1. The minimum Gasteiger partial charge on any atom is -0.379 e. The smallest absolute Gasteiger partial charge is 0.323 e. The molecule has 5 nitrogen and oxygen atoms in total. The minimum absolute atomic E-state index is 0.364. The van der Waals surface area contributed by atoms with Crippen LogP contribution in [0.3, 0.4) is 0 Å². The first-order chi connectivity index (χ1) is 12.1. The number of hydrogen-bond acceptors (Lipinski definition) is 3. The highest BCUT2D eigenvalue weighted by atomic mass is 19.1. The second kappa shape index (κ2) is 8.04. The number of anilines is 2. The summed E-state index contributed by atoms with van der Waals surface area (Å²) in [6, 6.07) is 9.33. The van der Waals surface area contributed by atoms with Crippen molar-refractivity contribution in [1.29, 1.82) is 0 Å². The van der Waals surface area contributed by atoms with Crippen LogP contribution in [0.5, 0.6) is 0 Å². The molecule has 2 aromatic carbocycles. The van der Waals surface area contributed by atoms with E-state index < -0.39 is 11.8 Å². The summed E-state index contributed by atoms with van der Waals surface area (Å²) in [4.78, 5) is 14.2. The van der Waals surface area contributed by atoms with Crippen molar-refractivity contribution < 1.29 is 18.3 Å². The van der Waals surface area contributed by atoms with Crippen molar-refractivity contribution in [3.05, 3.63) is 59.7 Å². The van der Waals surface area contributed by atoms with E-state index in [0.717, 1.165) is 18.7 Å². The molecule has 1 aliphatic heterocycles. The van der Waals surface area contributed by atoms with Gasteiger partial charge in [0, 0.05) is 31.0 Å². The lowest BCUT2D eigenvalue weighted by molar-refractivity contribution is 0.0341. The molecule has 0 aliphatic carbocycles. The van der Waals surface area contributed by atoms with Gasteiger partial charge in [-0.2, -0.15) is 0 Å². The van der Waals surface area contributed by atoms with Crippen molar-refractivity contribution in [1.82, 2.24) is 4.90 Å². The Balaban J connectivity index is 1.62. The summed E-state index contributed by atoms with van der Waals surface area (Å²) in [6.45, 7) is 3.52. The summed E-state index contributed by atoms with van der Waals surface area (Å²) < 4.78 is 32.0. The first-order valence-corrected chi connectivity index (χ1v) is 8.02. The third-order valence-corrected chi connectivity index (χ3v) is 3.83. The van der Waals surface area contributed by atoms with Crippen molar-refractivity contribution in [2.24, 2.45) is 0 Å². The largest absolute Gasteiger partial charge is 0.379 e. The van der Waals surface area contributed by atoms with Gasteiger partial charge in [0.2, 0.25) is 0 Å². The predicted octanol–water partition coefficient (Wildman–Crippen LogP) is 3.44. The van der Waals surface area contributed by atoms with E-state index in [2.05, 4.69) is 15.5 Å². The molecule has 1 aliphatic rings. The molecule has 1 heterocycles. The fraction of sp³-hybridized carbons (Fsp3) is 0.278. The minimum atomic E-state index is -0.519. The molecule has 0 bridgehead atoms. The molecule has 1 fully saturated rings. The Morgan fingerprint density at radius 1 is 0.960 bits per heavy atom. The number of carbonyl (C=O) groups excluding carboxylic acids is 1. The highest BCUT2D eigenvalue weighted by Gasteiger charge is 2.12. The number of ether oxygens (including phenoxy) is 1. The highest BCUT2D eigenvalue weighted by Crippen LogP contribution is 2.17. The average Bonchev–Trinajstić information content (AvgIpc) is 2.57. The van der Waals surface area contributed by atoms with Crippen molar-refractivity contribution in [2.75, 3.05) is 36.9 Å². The topological polar surface area (TPSA) is 53.6 Å². The van der Waals surface area contributed by atoms with Crippen LogP contribution in [-0.4, -0.2) is 37.2 Å². The first kappa shape index (κ1) is 17.3. The van der Waals surface area contributed by atoms with Crippen LogP contribution < -0.4 is 10.6 Å². The second-order valence-electron chi connectivity index (χ2n) is 5.82. The van der Waals surface area contributed by atoms with Gasteiger partial charge in [0.05, 0.1) is 13.2 Å². The summed E-state index contributed by atoms with van der Waals surface area (Å²) in [7, 11) is 0. The maximum atomic E-state index is 13.8. The maximum absolute atomic E-state index is 13.8. The van der Waals surface area contributed by atoms with Crippen molar-refractivity contribution in [2.45, 2.75) is 6.54 Å². The number of carbonyl (C=O) groups is 1. The molecule has 1 saturated heterocycles. The van der Waals surface area contributed by atoms with Gasteiger partial charge in [0.25, 0.3) is 0 Å². The van der Waals surface area contributed by atoms with Gasteiger partial charge in [0.15, 0.2) is 0 Å². The van der Waals surface area contributed by atoms with E-state index in [-0.39, 0.29) is 5.82 Å². The van der Waals surface area contributed by atoms with Gasteiger partial charge in [-0.15, -0.1) is 0 Å². The summed E-state index contributed by atoms with van der Waals surface area (Å²) in [6.07, 6.45) is 0. The van der Waals surface area contributed by atoms with Crippen LogP contribution in [-0.2, 0) is 11.3 Å². The Labute approximate surface area is 144 Å². The van der Waals surface area contributed by atoms with Crippen LogP contribution in [0.4, 0.5) is 25.0 Å². The number of hydrogen-bond donors (Lipinski definition) is 2. The summed E-state index contributed by atoms with van der Waals surface area (Å²) in [5.41, 5.74) is 1.59. The summed E-state index contributed by atoms with van der Waals surface area (Å²) >= 11 is 0. The molecular weight excluding hydrogens is 328 g/mol. The van der Waals surface area contributed by atoms with Crippen LogP contribution in [0.15, 0.2) is 42.5 Å². The van der Waals surface area contributed by atoms with E-state index in [0.29, 0.717) is 31.1 Å². The quantitative estimate of drug-likeness (QED) is 0.891. The number of nitrogens with one attached hydrogen (secondary N) is 2. The molecule has 0 aromatic heterocycles. The Morgan fingerprint density at radius 2 is 1.64 bits per heavy atom. The molecule has 7 heteroatoms. The van der Waals surface area contributed by atoms with Crippen LogP contribution in [0, 0.1) is 11.6 Å². The van der Waals surface area contributed by atoms with Gasteiger partial charge < -0.3 is 15.4 Å². The van der Waals surface area contributed by atoms with E-state index in [1.165, 1.54) is 36.4 Å². The van der Waals surface area contributed by atoms with Crippen molar-refractivity contribution in [3.8, 4) is 0 Å². The average molecular weight is 347 g/mol. The molecule has 25 heavy (non-hydrogen) atoms. The molecule has 0 radical (unpaired) electrons. The molecule has 2 aromatic rings. The van der Waals surface area contributed by atoms with Gasteiger partial charge in [-0.3, -0.25) is 4.90 Å². The fourth-order valence-electron chi connectivity index (χ4n) is 2.66. The molecule has 3 rings (SSSR count). The first-order valence-electron chi connectivity index (χ1n) is 8.02. The third kappa shape index (κ3) is 5.23. The molecule has 132 valence electrons. The number of benzene rings is 2. The van der Waals surface area contributed by atoms with Gasteiger partial charge in [-0.25, -0.2) is 13.6 Å². The van der Waals surface area contributed by atoms with Crippen LogP contribution in [0.25, 0.3) is 0 Å². The molecule has 0 atom stereocenters. The Morgan fingerprint density at radius 3 is 2.36 bits per heavy atom. The summed E-state index contributed by atoms with van der Waals surface area (Å²) in [5.74, 6) is -0.799. The van der Waals surface area contributed by atoms with E-state index in [4.69, 9.17) is 4.74 Å². The van der Waals surface area contributed by atoms with Gasteiger partial charge in [-0.1, -0.05) is 0 Å². The Hall–Kier alpha value is -2.51. The van der Waals surface area contributed by atoms with E-state index in [1.807, 2.05) is 0 Å². The zero-order valence-electron chi connectivity index (χ0n) is 13.6. The Bertz CT molecular complexity index is 732. The van der Waals surface area contributed by atoms with Gasteiger partial charge in [-0.05, 0) is 48.0 Å². The normalized spacial score (nSPS) is 15.0. The summed E-state index contributed by atoms with van der Waals surface area (Å²) in [5, 5.41) is 5.17. The monoisotopic (exact) mass is 347 g/mol. The standard InChI is InChI=1S/C18H19F2N3O2/c19-14-1-3-16(4-2-14)21-18(24)22-17-10-13(9-15(20)11-17)12-23-5-7-25-8-6-23/h1-4,9-11H,5-8,12H2,(H2,21,22,24). The molecular formula is C18H19F2N3O2. The van der Waals surface area contributed by atoms with Crippen LogP contribution in [0.1, 0.15) is 5.56 Å². The van der Waals surface area contributed by atoms with Gasteiger partial charge in [0.1, 0.15) is 11.6 Å². The molecule has 0 unspecified atom stereocenters. The Kier molecular flexibility index (Phi) is 5.57. The lowest BCUT2D eigenvalue weighted by Crippen LogP contribution is -2.35. The number of nitrogens with zero attached hydrogens (tertiary/aromatic N) is 1. The second-order valence-corrected chi connectivity index (χ2v) is 5.82. The number of urea groups is 1. The van der Waals surface area contributed by atoms with Crippen LogP contribution >= 0.6 is 0 Å². The zero-order valence-corrected chi connectivity index (χ0v) is 13.6. The molecule has 2 amide bonds. The predicted molar refractivity (Wildman–Crippen MR) is 91.5 cm³/mol. The molecule has 0 spiro atoms. The van der Waals surface area contributed by atoms with Crippen molar-refractivity contribution in [3.63, 3.8) is 0 Å². The van der Waals surface area contributed by atoms with Crippen LogP contribution in [0.2, 0.25) is 0 Å². The third-order valence-electron chi connectivity index (χ3n) is 3.83. The molecule has 2 N–H and O–H groups in total. The fourth-order valence-corrected chi connectivity index (χ4v) is 2.66. The lowest BCUT2D eigenvalue weighted by atomic mass is 10.1. The van der Waals surface area contributed by atoms with Gasteiger partial charge >= 0.3 is 6.03 Å². The lowest BCUT2D eigenvalue weighted by Gasteiger charge is -2.26. The van der Waals surface area contributed by atoms with E-state index in [1.54, 1.807) is 6.07 Å². The van der Waals surface area contributed by atoms with E-state index >= 15 is 0 Å². The van der Waals surface area contributed by atoms with Crippen molar-refractivity contribution >= 4 is 17.4 Å².